The van der Waals surface area contributed by atoms with E-state index in [0.29, 0.717) is 34.1 Å². The Kier molecular flexibility index (Phi) is 14.1. The third-order valence-electron chi connectivity index (χ3n) is 6.16. The second-order valence-corrected chi connectivity index (χ2v) is 10.6. The van der Waals surface area contributed by atoms with Gasteiger partial charge in [-0.2, -0.15) is 0 Å². The van der Waals surface area contributed by atoms with Crippen LogP contribution >= 0.6 is 0 Å². The largest absolute Gasteiger partial charge is 0.489 e. The Bertz CT molecular complexity index is 1410. The van der Waals surface area contributed by atoms with Crippen molar-refractivity contribution in [1.29, 1.82) is 0 Å². The number of rotatable bonds is 5. The lowest BCUT2D eigenvalue weighted by atomic mass is 10.1. The van der Waals surface area contributed by atoms with Crippen molar-refractivity contribution in [3.8, 4) is 17.0 Å². The van der Waals surface area contributed by atoms with Crippen LogP contribution in [0.15, 0.2) is 53.6 Å². The zero-order valence-electron chi connectivity index (χ0n) is 25.2. The van der Waals surface area contributed by atoms with Gasteiger partial charge in [0.15, 0.2) is 11.5 Å². The van der Waals surface area contributed by atoms with Crippen LogP contribution in [0.1, 0.15) is 36.8 Å². The van der Waals surface area contributed by atoms with Crippen LogP contribution in [0.5, 0.6) is 5.75 Å². The molecule has 3 heterocycles. The maximum absolute atomic E-state index is 13.4. The highest BCUT2D eigenvalue weighted by Gasteiger charge is 2.21. The first-order chi connectivity index (χ1) is 21.4. The normalized spacial score (nSPS) is 16.6. The summed E-state index contributed by atoms with van der Waals surface area (Å²) in [6, 6.07) is 12.0. The molecular formula is C30H40N6O7S. The highest BCUT2D eigenvalue weighted by atomic mass is 32.2. The van der Waals surface area contributed by atoms with E-state index in [0.717, 1.165) is 12.1 Å². The summed E-state index contributed by atoms with van der Waals surface area (Å²) in [6.45, 7) is 8.18. The topological polar surface area (TPSA) is 178 Å². The molecule has 14 heteroatoms. The number of carboxylic acids is 1. The number of nitrogens with one attached hydrogen (secondary N) is 2. The number of hydrogen-bond acceptors (Lipinski definition) is 10. The van der Waals surface area contributed by atoms with E-state index in [9.17, 15) is 18.9 Å². The zero-order chi connectivity index (χ0) is 31.9. The summed E-state index contributed by atoms with van der Waals surface area (Å²) in [6.07, 6.45) is 1.44. The molecule has 0 spiro atoms. The van der Waals surface area contributed by atoms with Gasteiger partial charge in [0.25, 0.3) is 5.91 Å². The summed E-state index contributed by atoms with van der Waals surface area (Å²) in [5.74, 6) is -1.22. The molecule has 5 rings (SSSR count). The van der Waals surface area contributed by atoms with E-state index in [1.54, 1.807) is 30.3 Å². The first-order valence-corrected chi connectivity index (χ1v) is 15.5. The Balaban J connectivity index is 0.00000259. The summed E-state index contributed by atoms with van der Waals surface area (Å²) in [5.41, 5.74) is 8.25. The maximum atomic E-state index is 13.4. The van der Waals surface area contributed by atoms with E-state index in [1.807, 2.05) is 32.9 Å². The van der Waals surface area contributed by atoms with Gasteiger partial charge in [0.05, 0.1) is 48.9 Å². The third kappa shape index (κ3) is 9.79. The van der Waals surface area contributed by atoms with Crippen LogP contribution in [0.2, 0.25) is 0 Å². The van der Waals surface area contributed by atoms with Gasteiger partial charge in [0.2, 0.25) is 0 Å². The average molecular weight is 629 g/mol. The van der Waals surface area contributed by atoms with Crippen molar-refractivity contribution in [1.82, 2.24) is 19.6 Å². The summed E-state index contributed by atoms with van der Waals surface area (Å²) in [7, 11) is -1.75. The smallest absolute Gasteiger partial charge is 0.318 e. The standard InChI is InChI=1S/C28H34N6O7S.C2H6/c1-2-30-16-20-4-3-5-22-26(20)41-15-14-40-13-12-39-11-10-34(18-24(35)36)42(38)21-8-6-19(7-9-21)23-17-31-27(29)25(32-23)28(37)33-22;1-2/h3-9,17,30H,2,10-16,18H2,1H3,(H2,29,31)(H,33,37)(H,35,36);1-2H3. The second kappa shape index (κ2) is 18.0. The number of fused-ring (bicyclic) bond motifs is 13. The number of anilines is 2. The molecule has 1 unspecified atom stereocenters. The van der Waals surface area contributed by atoms with Crippen molar-refractivity contribution >= 4 is 34.4 Å². The molecular weight excluding hydrogens is 588 g/mol. The number of nitrogens with two attached hydrogens (primary N) is 1. The first kappa shape index (κ1) is 34.5. The van der Waals surface area contributed by atoms with Crippen LogP contribution in [0.25, 0.3) is 11.3 Å². The molecule has 44 heavy (non-hydrogen) atoms. The van der Waals surface area contributed by atoms with Gasteiger partial charge < -0.3 is 35.7 Å². The van der Waals surface area contributed by atoms with Gasteiger partial charge in [-0.1, -0.05) is 45.0 Å². The Hall–Kier alpha value is -3.95. The monoisotopic (exact) mass is 628 g/mol. The van der Waals surface area contributed by atoms with Gasteiger partial charge in [-0.25, -0.2) is 18.5 Å². The Labute approximate surface area is 259 Å². The van der Waals surface area contributed by atoms with Gasteiger partial charge in [0, 0.05) is 24.2 Å². The van der Waals surface area contributed by atoms with E-state index >= 15 is 0 Å². The molecule has 0 saturated heterocycles. The molecule has 13 nitrogen and oxygen atoms in total. The lowest BCUT2D eigenvalue weighted by Gasteiger charge is -2.19. The fourth-order valence-corrected chi connectivity index (χ4v) is 5.23. The number of benzene rings is 2. The summed E-state index contributed by atoms with van der Waals surface area (Å²) < 4.78 is 31.7. The maximum Gasteiger partial charge on any atom is 0.318 e. The van der Waals surface area contributed by atoms with E-state index in [4.69, 9.17) is 19.9 Å². The number of ether oxygens (including phenoxy) is 3. The second-order valence-electron chi connectivity index (χ2n) is 9.12. The van der Waals surface area contributed by atoms with Crippen LogP contribution in [0, 0.1) is 0 Å². The molecule has 3 aromatic rings. The van der Waals surface area contributed by atoms with Crippen molar-refractivity contribution in [2.24, 2.45) is 0 Å². The van der Waals surface area contributed by atoms with Crippen molar-refractivity contribution in [3.05, 3.63) is 59.9 Å². The van der Waals surface area contributed by atoms with Crippen LogP contribution < -0.4 is 21.1 Å². The number of carbonyl (C=O) groups excluding carboxylic acids is 1. The predicted octanol–water partition coefficient (Wildman–Crippen LogP) is 2.95. The highest BCUT2D eigenvalue weighted by molar-refractivity contribution is 7.82. The molecule has 1 amide bonds. The van der Waals surface area contributed by atoms with E-state index in [-0.39, 0.29) is 51.1 Å². The Morgan fingerprint density at radius 1 is 1.09 bits per heavy atom. The van der Waals surface area contributed by atoms with Gasteiger partial charge in [-0.3, -0.25) is 9.59 Å². The SMILES string of the molecule is CC.CCNCc1cccc2c1OCCOCCOCCN(CC(=O)O)S(=O)c1ccc(cc1)-c1cnc(N)c(n1)C(=O)N2. The molecule has 4 bridgehead atoms. The van der Waals surface area contributed by atoms with Crippen LogP contribution in [-0.2, 0) is 31.8 Å². The van der Waals surface area contributed by atoms with Gasteiger partial charge in [0.1, 0.15) is 29.9 Å². The minimum absolute atomic E-state index is 0.0466. The molecule has 2 aliphatic rings. The van der Waals surface area contributed by atoms with Gasteiger partial charge in [-0.15, -0.1) is 0 Å². The zero-order valence-corrected chi connectivity index (χ0v) is 26.0. The minimum Gasteiger partial charge on any atom is -0.489 e. The molecule has 0 aliphatic carbocycles. The lowest BCUT2D eigenvalue weighted by Crippen LogP contribution is -2.34. The first-order valence-electron chi connectivity index (χ1n) is 14.4. The van der Waals surface area contributed by atoms with Crippen LogP contribution in [-0.4, -0.2) is 88.1 Å². The number of nitrogens with zero attached hydrogens (tertiary/aromatic N) is 3. The van der Waals surface area contributed by atoms with Gasteiger partial charge >= 0.3 is 5.97 Å². The van der Waals surface area contributed by atoms with Gasteiger partial charge in [-0.05, 0) is 24.7 Å². The number of aromatic nitrogens is 2. The van der Waals surface area contributed by atoms with Crippen LogP contribution in [0.4, 0.5) is 11.5 Å². The lowest BCUT2D eigenvalue weighted by molar-refractivity contribution is -0.137. The molecule has 238 valence electrons. The van der Waals surface area contributed by atoms with Crippen molar-refractivity contribution in [2.45, 2.75) is 32.2 Å². The molecule has 5 N–H and O–H groups in total. The molecule has 0 saturated carbocycles. The Morgan fingerprint density at radius 2 is 1.80 bits per heavy atom. The van der Waals surface area contributed by atoms with Crippen LogP contribution in [0.3, 0.4) is 0 Å². The third-order valence-corrected chi connectivity index (χ3v) is 7.61. The molecule has 2 aliphatic heterocycles. The molecule has 0 radical (unpaired) electrons. The number of aliphatic carboxylic acids is 1. The number of para-hydroxylation sites is 1. The number of carbonyl (C=O) groups is 2. The van der Waals surface area contributed by atoms with E-state index in [2.05, 4.69) is 20.6 Å². The summed E-state index contributed by atoms with van der Waals surface area (Å²) in [4.78, 5) is 33.8. The minimum atomic E-state index is -1.75. The van der Waals surface area contributed by atoms with E-state index in [1.165, 1.54) is 10.5 Å². The van der Waals surface area contributed by atoms with E-state index < -0.39 is 29.4 Å². The summed E-state index contributed by atoms with van der Waals surface area (Å²) in [5, 5.41) is 15.4. The fraction of sp³-hybridized carbons (Fsp3) is 0.400. The predicted molar refractivity (Wildman–Crippen MR) is 168 cm³/mol. The quantitative estimate of drug-likeness (QED) is 0.305. The average Bonchev–Trinajstić information content (AvgIpc) is 3.03. The molecule has 0 fully saturated rings. The highest BCUT2D eigenvalue weighted by Crippen LogP contribution is 2.30. The summed E-state index contributed by atoms with van der Waals surface area (Å²) >= 11 is 0. The van der Waals surface area contributed by atoms with Crippen molar-refractivity contribution in [2.75, 3.05) is 63.7 Å². The number of nitrogen functional groups attached to an aromatic ring is 1. The Morgan fingerprint density at radius 3 is 2.50 bits per heavy atom. The molecule has 1 aromatic heterocycles. The fourth-order valence-electron chi connectivity index (χ4n) is 4.09. The number of carboxylic acid groups (broad SMARTS) is 1. The molecule has 1 atom stereocenters. The van der Waals surface area contributed by atoms with Crippen molar-refractivity contribution < 1.29 is 33.1 Å². The van der Waals surface area contributed by atoms with Crippen molar-refractivity contribution in [3.63, 3.8) is 0 Å². The number of hydrogen-bond donors (Lipinski definition) is 4. The number of amides is 1. The molecule has 2 aromatic carbocycles.